The highest BCUT2D eigenvalue weighted by Gasteiger charge is 2.11. The van der Waals surface area contributed by atoms with Gasteiger partial charge >= 0.3 is 0 Å². The Morgan fingerprint density at radius 3 is 2.71 bits per heavy atom. The number of hydrogen-bond acceptors (Lipinski definition) is 1. The zero-order valence-corrected chi connectivity index (χ0v) is 8.63. The molecule has 0 fully saturated rings. The lowest BCUT2D eigenvalue weighted by Crippen LogP contribution is -1.88. The molecule has 72 valence electrons. The minimum atomic E-state index is -2.46. The topological polar surface area (TPSA) is 12.9 Å². The summed E-state index contributed by atoms with van der Waals surface area (Å²) in [7, 11) is 0. The molecule has 1 aromatic carbocycles. The van der Waals surface area contributed by atoms with Gasteiger partial charge in [0.2, 0.25) is 0 Å². The monoisotopic (exact) mass is 257 g/mol. The summed E-state index contributed by atoms with van der Waals surface area (Å²) in [5, 5.41) is 0.505. The number of rotatable bonds is 1. The summed E-state index contributed by atoms with van der Waals surface area (Å²) in [6.07, 6.45) is -1.06. The van der Waals surface area contributed by atoms with Crippen molar-refractivity contribution in [1.29, 1.82) is 0 Å². The average molecular weight is 258 g/mol. The van der Waals surface area contributed by atoms with Crippen LogP contribution in [0.25, 0.3) is 10.9 Å². The van der Waals surface area contributed by atoms with Gasteiger partial charge in [-0.15, -0.1) is 0 Å². The van der Waals surface area contributed by atoms with E-state index in [-0.39, 0.29) is 5.56 Å². The average Bonchev–Trinajstić information content (AvgIpc) is 2.16. The summed E-state index contributed by atoms with van der Waals surface area (Å²) < 4.78 is 26.0. The quantitative estimate of drug-likeness (QED) is 0.755. The van der Waals surface area contributed by atoms with Gasteiger partial charge in [-0.05, 0) is 18.2 Å². The Morgan fingerprint density at radius 1 is 1.21 bits per heavy atom. The Balaban J connectivity index is 2.75. The molecule has 0 saturated heterocycles. The van der Waals surface area contributed by atoms with Crippen molar-refractivity contribution in [2.24, 2.45) is 0 Å². The molecule has 0 unspecified atom stereocenters. The van der Waals surface area contributed by atoms with Crippen LogP contribution in [-0.2, 0) is 0 Å². The summed E-state index contributed by atoms with van der Waals surface area (Å²) in [4.78, 5) is 4.02. The van der Waals surface area contributed by atoms with Gasteiger partial charge in [0.25, 0.3) is 6.43 Å². The predicted octanol–water partition coefficient (Wildman–Crippen LogP) is 3.93. The number of fused-ring (bicyclic) bond motifs is 1. The van der Waals surface area contributed by atoms with E-state index in [9.17, 15) is 8.78 Å². The third-order valence-corrected chi connectivity index (χ3v) is 2.47. The van der Waals surface area contributed by atoms with Crippen molar-refractivity contribution in [1.82, 2.24) is 4.98 Å². The van der Waals surface area contributed by atoms with E-state index in [1.165, 1.54) is 12.3 Å². The maximum Gasteiger partial charge on any atom is 0.264 e. The lowest BCUT2D eigenvalue weighted by molar-refractivity contribution is 0.153. The van der Waals surface area contributed by atoms with Crippen LogP contribution in [0.4, 0.5) is 8.78 Å². The third kappa shape index (κ3) is 1.62. The van der Waals surface area contributed by atoms with Crippen molar-refractivity contribution in [3.63, 3.8) is 0 Å². The lowest BCUT2D eigenvalue weighted by atomic mass is 10.1. The van der Waals surface area contributed by atoms with E-state index in [0.29, 0.717) is 10.9 Å². The highest BCUT2D eigenvalue weighted by molar-refractivity contribution is 9.10. The second-order valence-electron chi connectivity index (χ2n) is 2.86. The maximum absolute atomic E-state index is 12.6. The van der Waals surface area contributed by atoms with Gasteiger partial charge in [0.05, 0.1) is 5.52 Å². The Kier molecular flexibility index (Phi) is 2.46. The van der Waals surface area contributed by atoms with E-state index in [1.807, 2.05) is 0 Å². The van der Waals surface area contributed by atoms with Crippen LogP contribution >= 0.6 is 15.9 Å². The van der Waals surface area contributed by atoms with Gasteiger partial charge < -0.3 is 0 Å². The van der Waals surface area contributed by atoms with Crippen LogP contribution in [0, 0.1) is 0 Å². The summed E-state index contributed by atoms with van der Waals surface area (Å²) >= 11 is 3.27. The van der Waals surface area contributed by atoms with Crippen molar-refractivity contribution in [2.45, 2.75) is 6.43 Å². The molecule has 0 aliphatic carbocycles. The standard InChI is InChI=1S/C10H6BrF2N/c11-6-1-2-7-8(10(12)13)3-4-14-9(7)5-6/h1-5,10H. The van der Waals surface area contributed by atoms with Crippen LogP contribution < -0.4 is 0 Å². The first-order valence-electron chi connectivity index (χ1n) is 4.01. The molecule has 1 aromatic heterocycles. The summed E-state index contributed by atoms with van der Waals surface area (Å²) in [6.45, 7) is 0. The normalized spacial score (nSPS) is 11.1. The minimum Gasteiger partial charge on any atom is -0.256 e. The predicted molar refractivity (Wildman–Crippen MR) is 54.4 cm³/mol. The number of benzene rings is 1. The second kappa shape index (κ2) is 3.61. The number of halogens is 3. The molecule has 1 heterocycles. The fourth-order valence-corrected chi connectivity index (χ4v) is 1.68. The number of alkyl halides is 2. The fraction of sp³-hybridized carbons (Fsp3) is 0.100. The van der Waals surface area contributed by atoms with Gasteiger partial charge in [0, 0.05) is 21.6 Å². The molecular formula is C10H6BrF2N. The van der Waals surface area contributed by atoms with Crippen molar-refractivity contribution in [2.75, 3.05) is 0 Å². The zero-order chi connectivity index (χ0) is 10.1. The SMILES string of the molecule is FC(F)c1ccnc2cc(Br)ccc12. The molecule has 0 saturated carbocycles. The first-order chi connectivity index (χ1) is 6.68. The molecule has 2 aromatic rings. The number of hydrogen-bond donors (Lipinski definition) is 0. The third-order valence-electron chi connectivity index (χ3n) is 1.97. The molecule has 0 N–H and O–H groups in total. The molecule has 0 amide bonds. The van der Waals surface area contributed by atoms with Crippen LogP contribution in [0.1, 0.15) is 12.0 Å². The molecule has 0 atom stereocenters. The summed E-state index contributed by atoms with van der Waals surface area (Å²) in [6, 6.07) is 6.45. The second-order valence-corrected chi connectivity index (χ2v) is 3.78. The van der Waals surface area contributed by atoms with Crippen LogP contribution in [0.5, 0.6) is 0 Å². The minimum absolute atomic E-state index is 0.0301. The summed E-state index contributed by atoms with van der Waals surface area (Å²) in [5.41, 5.74) is 0.611. The Morgan fingerprint density at radius 2 is 2.00 bits per heavy atom. The molecule has 0 aliphatic heterocycles. The van der Waals surface area contributed by atoms with Crippen LogP contribution in [0.3, 0.4) is 0 Å². The van der Waals surface area contributed by atoms with Crippen molar-refractivity contribution in [3.05, 3.63) is 40.5 Å². The van der Waals surface area contributed by atoms with Crippen LogP contribution in [-0.4, -0.2) is 4.98 Å². The van der Waals surface area contributed by atoms with E-state index >= 15 is 0 Å². The van der Waals surface area contributed by atoms with Gasteiger partial charge in [-0.3, -0.25) is 4.98 Å². The van der Waals surface area contributed by atoms with Gasteiger partial charge in [-0.25, -0.2) is 8.78 Å². The molecular weight excluding hydrogens is 252 g/mol. The van der Waals surface area contributed by atoms with Crippen LogP contribution in [0.2, 0.25) is 0 Å². The number of pyridine rings is 1. The number of aromatic nitrogens is 1. The molecule has 0 aliphatic rings. The Hall–Kier alpha value is -1.03. The zero-order valence-electron chi connectivity index (χ0n) is 7.05. The number of nitrogens with zero attached hydrogens (tertiary/aromatic N) is 1. The molecule has 2 rings (SSSR count). The fourth-order valence-electron chi connectivity index (χ4n) is 1.33. The molecule has 1 nitrogen and oxygen atoms in total. The highest BCUT2D eigenvalue weighted by Crippen LogP contribution is 2.27. The lowest BCUT2D eigenvalue weighted by Gasteiger charge is -2.04. The highest BCUT2D eigenvalue weighted by atomic mass is 79.9. The first-order valence-corrected chi connectivity index (χ1v) is 4.80. The Bertz CT molecular complexity index is 471. The van der Waals surface area contributed by atoms with E-state index in [4.69, 9.17) is 0 Å². The first kappa shape index (κ1) is 9.52. The van der Waals surface area contributed by atoms with E-state index in [0.717, 1.165) is 4.47 Å². The maximum atomic E-state index is 12.6. The van der Waals surface area contributed by atoms with Gasteiger partial charge in [0.15, 0.2) is 0 Å². The smallest absolute Gasteiger partial charge is 0.256 e. The van der Waals surface area contributed by atoms with E-state index < -0.39 is 6.43 Å². The molecule has 4 heteroatoms. The summed E-state index contributed by atoms with van der Waals surface area (Å²) in [5.74, 6) is 0. The Labute approximate surface area is 87.9 Å². The van der Waals surface area contributed by atoms with E-state index in [1.54, 1.807) is 18.2 Å². The van der Waals surface area contributed by atoms with Crippen molar-refractivity contribution >= 4 is 26.8 Å². The van der Waals surface area contributed by atoms with Gasteiger partial charge in [-0.2, -0.15) is 0 Å². The van der Waals surface area contributed by atoms with Gasteiger partial charge in [0.1, 0.15) is 0 Å². The van der Waals surface area contributed by atoms with Crippen molar-refractivity contribution in [3.8, 4) is 0 Å². The molecule has 0 spiro atoms. The molecule has 0 radical (unpaired) electrons. The molecule has 14 heavy (non-hydrogen) atoms. The molecule has 0 bridgehead atoms. The van der Waals surface area contributed by atoms with Gasteiger partial charge in [-0.1, -0.05) is 22.0 Å². The largest absolute Gasteiger partial charge is 0.264 e. The van der Waals surface area contributed by atoms with E-state index in [2.05, 4.69) is 20.9 Å². The van der Waals surface area contributed by atoms with Crippen molar-refractivity contribution < 1.29 is 8.78 Å². The van der Waals surface area contributed by atoms with Crippen LogP contribution in [0.15, 0.2) is 34.9 Å².